The third-order valence-electron chi connectivity index (χ3n) is 2.59. The third-order valence-corrected chi connectivity index (χ3v) is 2.59. The maximum Gasteiger partial charge on any atom is 0.255 e. The van der Waals surface area contributed by atoms with Crippen molar-refractivity contribution >= 4 is 5.91 Å². The van der Waals surface area contributed by atoms with E-state index < -0.39 is 0 Å². The summed E-state index contributed by atoms with van der Waals surface area (Å²) < 4.78 is 0. The summed E-state index contributed by atoms with van der Waals surface area (Å²) in [4.78, 5) is 18.8. The number of nitrogens with one attached hydrogen (secondary N) is 3. The maximum absolute atomic E-state index is 11.9. The van der Waals surface area contributed by atoms with E-state index in [9.17, 15) is 4.79 Å². The van der Waals surface area contributed by atoms with E-state index in [2.05, 4.69) is 25.5 Å². The molecule has 0 unspecified atom stereocenters. The molecule has 0 saturated heterocycles. The number of hydrogen-bond donors (Lipinski definition) is 3. The summed E-state index contributed by atoms with van der Waals surface area (Å²) in [6, 6.07) is 0. The van der Waals surface area contributed by atoms with Gasteiger partial charge >= 0.3 is 0 Å². The first kappa shape index (κ1) is 11.4. The Morgan fingerprint density at radius 1 is 1.47 bits per heavy atom. The van der Waals surface area contributed by atoms with Crippen molar-refractivity contribution in [2.45, 2.75) is 20.3 Å². The molecule has 0 aromatic carbocycles. The highest BCUT2D eigenvalue weighted by Gasteiger charge is 2.14. The zero-order chi connectivity index (χ0) is 12.3. The fraction of sp³-hybridized carbons (Fsp3) is 0.364. The van der Waals surface area contributed by atoms with Gasteiger partial charge in [-0.05, 0) is 13.8 Å². The van der Waals surface area contributed by atoms with Crippen LogP contribution in [0.25, 0.3) is 0 Å². The number of carbonyl (C=O) groups excluding carboxylic acids is 1. The molecule has 6 heteroatoms. The van der Waals surface area contributed by atoms with E-state index in [1.165, 1.54) is 0 Å². The molecule has 2 aromatic rings. The topological polar surface area (TPSA) is 86.5 Å². The lowest BCUT2D eigenvalue weighted by Crippen LogP contribution is -2.26. The molecule has 2 rings (SSSR count). The van der Waals surface area contributed by atoms with Gasteiger partial charge in [0.1, 0.15) is 0 Å². The first-order valence-corrected chi connectivity index (χ1v) is 5.45. The number of carbonyl (C=O) groups is 1. The minimum absolute atomic E-state index is 0.0896. The van der Waals surface area contributed by atoms with Crippen molar-refractivity contribution in [3.63, 3.8) is 0 Å². The molecule has 0 bridgehead atoms. The lowest BCUT2D eigenvalue weighted by atomic mass is 10.2. The first-order chi connectivity index (χ1) is 8.18. The summed E-state index contributed by atoms with van der Waals surface area (Å²) >= 11 is 0. The zero-order valence-corrected chi connectivity index (χ0v) is 9.87. The summed E-state index contributed by atoms with van der Waals surface area (Å²) in [5.41, 5.74) is 3.16. The summed E-state index contributed by atoms with van der Waals surface area (Å²) in [6.45, 7) is 4.22. The van der Waals surface area contributed by atoms with Gasteiger partial charge in [0, 0.05) is 30.6 Å². The number of aromatic nitrogens is 4. The number of hydrogen-bond acceptors (Lipinski definition) is 3. The second kappa shape index (κ2) is 4.82. The van der Waals surface area contributed by atoms with Crippen LogP contribution in [0.4, 0.5) is 0 Å². The molecule has 6 nitrogen and oxygen atoms in total. The molecule has 0 aliphatic rings. The largest absolute Gasteiger partial charge is 0.352 e. The average molecular weight is 233 g/mol. The van der Waals surface area contributed by atoms with E-state index in [-0.39, 0.29) is 5.91 Å². The molecule has 2 aromatic heterocycles. The van der Waals surface area contributed by atoms with Gasteiger partial charge in [0.25, 0.3) is 5.91 Å². The predicted molar refractivity (Wildman–Crippen MR) is 62.7 cm³/mol. The Morgan fingerprint density at radius 2 is 2.29 bits per heavy atom. The fourth-order valence-corrected chi connectivity index (χ4v) is 1.71. The van der Waals surface area contributed by atoms with Crippen LogP contribution in [0.3, 0.4) is 0 Å². The molecule has 0 saturated carbocycles. The van der Waals surface area contributed by atoms with Gasteiger partial charge in [-0.3, -0.25) is 9.89 Å². The van der Waals surface area contributed by atoms with Crippen molar-refractivity contribution in [2.24, 2.45) is 0 Å². The Labute approximate surface area is 98.9 Å². The second-order valence-electron chi connectivity index (χ2n) is 3.89. The van der Waals surface area contributed by atoms with Crippen LogP contribution < -0.4 is 5.32 Å². The van der Waals surface area contributed by atoms with E-state index >= 15 is 0 Å². The Kier molecular flexibility index (Phi) is 3.22. The maximum atomic E-state index is 11.9. The molecular weight excluding hydrogens is 218 g/mol. The number of H-pyrrole nitrogens is 2. The quantitative estimate of drug-likeness (QED) is 0.727. The van der Waals surface area contributed by atoms with Gasteiger partial charge in [0.2, 0.25) is 0 Å². The molecule has 3 N–H and O–H groups in total. The Bertz CT molecular complexity index is 480. The van der Waals surface area contributed by atoms with E-state index in [0.29, 0.717) is 12.1 Å². The minimum Gasteiger partial charge on any atom is -0.352 e. The second-order valence-corrected chi connectivity index (χ2v) is 3.89. The summed E-state index contributed by atoms with van der Waals surface area (Å²) in [7, 11) is 0. The van der Waals surface area contributed by atoms with Gasteiger partial charge in [-0.25, -0.2) is 4.98 Å². The zero-order valence-electron chi connectivity index (χ0n) is 9.87. The van der Waals surface area contributed by atoms with Crippen LogP contribution in [0, 0.1) is 13.8 Å². The molecule has 0 radical (unpaired) electrons. The number of aryl methyl sites for hydroxylation is 2. The number of amides is 1. The fourth-order valence-electron chi connectivity index (χ4n) is 1.71. The molecule has 90 valence electrons. The van der Waals surface area contributed by atoms with E-state index in [4.69, 9.17) is 0 Å². The van der Waals surface area contributed by atoms with Crippen LogP contribution in [-0.2, 0) is 6.42 Å². The van der Waals surface area contributed by atoms with Crippen molar-refractivity contribution < 1.29 is 4.79 Å². The number of nitrogens with zero attached hydrogens (tertiary/aromatic N) is 2. The monoisotopic (exact) mass is 233 g/mol. The highest BCUT2D eigenvalue weighted by Crippen LogP contribution is 2.08. The smallest absolute Gasteiger partial charge is 0.255 e. The number of aromatic amines is 2. The molecule has 0 spiro atoms. The molecule has 17 heavy (non-hydrogen) atoms. The van der Waals surface area contributed by atoms with Crippen molar-refractivity contribution in [1.82, 2.24) is 25.5 Å². The third kappa shape index (κ3) is 2.52. The van der Waals surface area contributed by atoms with E-state index in [1.807, 2.05) is 13.8 Å². The van der Waals surface area contributed by atoms with Crippen LogP contribution in [0.1, 0.15) is 27.4 Å². The van der Waals surface area contributed by atoms with Gasteiger partial charge in [0.05, 0.1) is 17.6 Å². The lowest BCUT2D eigenvalue weighted by molar-refractivity contribution is 0.0953. The van der Waals surface area contributed by atoms with Crippen LogP contribution in [-0.4, -0.2) is 32.6 Å². The van der Waals surface area contributed by atoms with Crippen LogP contribution in [0.2, 0.25) is 0 Å². The summed E-state index contributed by atoms with van der Waals surface area (Å²) in [6.07, 6.45) is 4.11. The average Bonchev–Trinajstić information content (AvgIpc) is 2.89. The van der Waals surface area contributed by atoms with Gasteiger partial charge in [-0.15, -0.1) is 0 Å². The first-order valence-electron chi connectivity index (χ1n) is 5.45. The normalized spacial score (nSPS) is 10.5. The highest BCUT2D eigenvalue weighted by atomic mass is 16.1. The van der Waals surface area contributed by atoms with Crippen LogP contribution in [0.5, 0.6) is 0 Å². The standard InChI is InChI=1S/C11H15N5O/c1-7-10(8(2)16-15-7)11(17)13-4-3-9-5-12-6-14-9/h5-6H,3-4H2,1-2H3,(H,12,14)(H,13,17)(H,15,16). The van der Waals surface area contributed by atoms with Crippen molar-refractivity contribution in [3.8, 4) is 0 Å². The van der Waals surface area contributed by atoms with Gasteiger partial charge < -0.3 is 10.3 Å². The molecule has 0 atom stereocenters. The summed E-state index contributed by atoms with van der Waals surface area (Å²) in [5, 5.41) is 9.65. The SMILES string of the molecule is Cc1n[nH]c(C)c1C(=O)NCCc1cnc[nH]1. The van der Waals surface area contributed by atoms with Gasteiger partial charge in [-0.2, -0.15) is 5.10 Å². The van der Waals surface area contributed by atoms with Crippen molar-refractivity contribution in [3.05, 3.63) is 35.2 Å². The van der Waals surface area contributed by atoms with Gasteiger partial charge in [0.15, 0.2) is 0 Å². The van der Waals surface area contributed by atoms with Crippen LogP contribution >= 0.6 is 0 Å². The predicted octanol–water partition coefficient (Wildman–Crippen LogP) is 0.722. The Morgan fingerprint density at radius 3 is 2.88 bits per heavy atom. The van der Waals surface area contributed by atoms with Crippen molar-refractivity contribution in [1.29, 1.82) is 0 Å². The number of imidazole rings is 1. The molecule has 0 aliphatic heterocycles. The highest BCUT2D eigenvalue weighted by molar-refractivity contribution is 5.96. The summed E-state index contributed by atoms with van der Waals surface area (Å²) in [5.74, 6) is -0.0896. The Hall–Kier alpha value is -2.11. The molecular formula is C11H15N5O. The van der Waals surface area contributed by atoms with Crippen molar-refractivity contribution in [2.75, 3.05) is 6.54 Å². The molecule has 1 amide bonds. The lowest BCUT2D eigenvalue weighted by Gasteiger charge is -2.04. The van der Waals surface area contributed by atoms with E-state index in [0.717, 1.165) is 23.5 Å². The number of rotatable bonds is 4. The van der Waals surface area contributed by atoms with Crippen LogP contribution in [0.15, 0.2) is 12.5 Å². The molecule has 0 aliphatic carbocycles. The molecule has 0 fully saturated rings. The minimum atomic E-state index is -0.0896. The van der Waals surface area contributed by atoms with E-state index in [1.54, 1.807) is 12.5 Å². The Balaban J connectivity index is 1.90. The van der Waals surface area contributed by atoms with Gasteiger partial charge in [-0.1, -0.05) is 0 Å². The molecule has 2 heterocycles.